The van der Waals surface area contributed by atoms with Crippen LogP contribution < -0.4 is 9.64 Å². The molecule has 0 radical (unpaired) electrons. The summed E-state index contributed by atoms with van der Waals surface area (Å²) in [5.41, 5.74) is 2.72. The molecule has 0 aliphatic carbocycles. The molecule has 1 atom stereocenters. The summed E-state index contributed by atoms with van der Waals surface area (Å²) in [4.78, 5) is 15.1. The average molecular weight is 329 g/mol. The molecule has 0 unspecified atom stereocenters. The monoisotopic (exact) mass is 329 g/mol. The molecule has 4 rings (SSSR count). The lowest BCUT2D eigenvalue weighted by Gasteiger charge is -2.37. The van der Waals surface area contributed by atoms with E-state index in [0.29, 0.717) is 12.2 Å². The molecule has 0 aromatic heterocycles. The number of amides is 1. The fourth-order valence-electron chi connectivity index (χ4n) is 3.27. The van der Waals surface area contributed by atoms with Gasteiger partial charge in [-0.3, -0.25) is 9.69 Å². The Morgan fingerprint density at radius 2 is 1.52 bits per heavy atom. The van der Waals surface area contributed by atoms with Crippen LogP contribution in [0.15, 0.2) is 84.9 Å². The van der Waals surface area contributed by atoms with Crippen LogP contribution in [0.25, 0.3) is 0 Å². The highest BCUT2D eigenvalue weighted by Crippen LogP contribution is 2.35. The minimum absolute atomic E-state index is 0.0114. The molecular weight excluding hydrogens is 310 g/mol. The van der Waals surface area contributed by atoms with Crippen molar-refractivity contribution in [1.29, 1.82) is 0 Å². The van der Waals surface area contributed by atoms with E-state index in [9.17, 15) is 4.79 Å². The summed E-state index contributed by atoms with van der Waals surface area (Å²) in [5.74, 6) is 0.772. The van der Waals surface area contributed by atoms with Gasteiger partial charge in [-0.2, -0.15) is 0 Å². The number of benzene rings is 3. The molecule has 0 saturated heterocycles. The first kappa shape index (κ1) is 15.5. The molecule has 0 saturated carbocycles. The van der Waals surface area contributed by atoms with Gasteiger partial charge in [-0.05, 0) is 36.2 Å². The van der Waals surface area contributed by atoms with Crippen LogP contribution >= 0.6 is 0 Å². The summed E-state index contributed by atoms with van der Waals surface area (Å²) in [7, 11) is 0. The number of carbonyl (C=O) groups is 1. The summed E-state index contributed by atoms with van der Waals surface area (Å²) < 4.78 is 5.93. The maximum absolute atomic E-state index is 13.2. The van der Waals surface area contributed by atoms with Crippen molar-refractivity contribution in [2.24, 2.45) is 0 Å². The number of nitrogens with zero attached hydrogens (tertiary/aromatic N) is 1. The zero-order chi connectivity index (χ0) is 17.1. The van der Waals surface area contributed by atoms with Crippen LogP contribution in [0.3, 0.4) is 0 Å². The van der Waals surface area contributed by atoms with Gasteiger partial charge in [-0.15, -0.1) is 0 Å². The lowest BCUT2D eigenvalue weighted by molar-refractivity contribution is 0.0957. The Morgan fingerprint density at radius 1 is 0.880 bits per heavy atom. The standard InChI is InChI=1S/C22H19NO2/c24-22(18-11-5-2-6-12-18)23-19(15-17-9-3-1-4-10-17)16-25-21-14-8-7-13-20(21)23/h1-14,19H,15-16H2/t19-/m0/s1. The van der Waals surface area contributed by atoms with Gasteiger partial charge in [0.15, 0.2) is 0 Å². The normalized spacial score (nSPS) is 16.0. The van der Waals surface area contributed by atoms with E-state index in [1.807, 2.05) is 77.7 Å². The molecule has 0 fully saturated rings. The first-order chi connectivity index (χ1) is 12.3. The van der Waals surface area contributed by atoms with Crippen molar-refractivity contribution < 1.29 is 9.53 Å². The fourth-order valence-corrected chi connectivity index (χ4v) is 3.27. The molecular formula is C22H19NO2. The average Bonchev–Trinajstić information content (AvgIpc) is 2.69. The van der Waals surface area contributed by atoms with Crippen molar-refractivity contribution in [3.05, 3.63) is 96.1 Å². The van der Waals surface area contributed by atoms with Crippen LogP contribution in [0, 0.1) is 0 Å². The van der Waals surface area contributed by atoms with Gasteiger partial charge in [-0.1, -0.05) is 60.7 Å². The Morgan fingerprint density at radius 3 is 2.28 bits per heavy atom. The van der Waals surface area contributed by atoms with Crippen LogP contribution in [-0.2, 0) is 6.42 Å². The van der Waals surface area contributed by atoms with Gasteiger partial charge in [-0.25, -0.2) is 0 Å². The first-order valence-electron chi connectivity index (χ1n) is 8.47. The van der Waals surface area contributed by atoms with Crippen LogP contribution in [0.2, 0.25) is 0 Å². The Bertz CT molecular complexity index is 861. The topological polar surface area (TPSA) is 29.5 Å². The molecule has 25 heavy (non-hydrogen) atoms. The van der Waals surface area contributed by atoms with Crippen molar-refractivity contribution in [3.8, 4) is 5.75 Å². The number of carbonyl (C=O) groups excluding carboxylic acids is 1. The summed E-state index contributed by atoms with van der Waals surface area (Å²) in [6.07, 6.45) is 0.758. The summed E-state index contributed by atoms with van der Waals surface area (Å²) in [6.45, 7) is 0.491. The van der Waals surface area contributed by atoms with Crippen molar-refractivity contribution in [3.63, 3.8) is 0 Å². The highest BCUT2D eigenvalue weighted by molar-refractivity contribution is 6.07. The van der Waals surface area contributed by atoms with Gasteiger partial charge < -0.3 is 4.74 Å². The second-order valence-corrected chi connectivity index (χ2v) is 6.16. The molecule has 124 valence electrons. The maximum Gasteiger partial charge on any atom is 0.258 e. The number of para-hydroxylation sites is 2. The Kier molecular flexibility index (Phi) is 4.21. The van der Waals surface area contributed by atoms with Crippen molar-refractivity contribution in [2.45, 2.75) is 12.5 Å². The number of fused-ring (bicyclic) bond motifs is 1. The van der Waals surface area contributed by atoms with Crippen LogP contribution in [-0.4, -0.2) is 18.6 Å². The highest BCUT2D eigenvalue weighted by Gasteiger charge is 2.32. The lowest BCUT2D eigenvalue weighted by Crippen LogP contribution is -2.48. The first-order valence-corrected chi connectivity index (χ1v) is 8.47. The van der Waals surface area contributed by atoms with Crippen LogP contribution in [0.5, 0.6) is 5.75 Å². The lowest BCUT2D eigenvalue weighted by atomic mass is 10.0. The highest BCUT2D eigenvalue weighted by atomic mass is 16.5. The Balaban J connectivity index is 1.72. The van der Waals surface area contributed by atoms with Gasteiger partial charge in [0.05, 0.1) is 11.7 Å². The molecule has 0 bridgehead atoms. The van der Waals surface area contributed by atoms with Crippen LogP contribution in [0.1, 0.15) is 15.9 Å². The quantitative estimate of drug-likeness (QED) is 0.715. The maximum atomic E-state index is 13.2. The van der Waals surface area contributed by atoms with Crippen LogP contribution in [0.4, 0.5) is 5.69 Å². The summed E-state index contributed by atoms with van der Waals surface area (Å²) in [6, 6.07) is 27.4. The molecule has 1 aliphatic rings. The SMILES string of the molecule is O=C(c1ccccc1)N1c2ccccc2OC[C@@H]1Cc1ccccc1. The number of hydrogen-bond donors (Lipinski definition) is 0. The van der Waals surface area contributed by atoms with Gasteiger partial charge in [0, 0.05) is 5.56 Å². The van der Waals surface area contributed by atoms with Gasteiger partial charge in [0.25, 0.3) is 5.91 Å². The minimum Gasteiger partial charge on any atom is -0.489 e. The van der Waals surface area contributed by atoms with E-state index in [4.69, 9.17) is 4.74 Å². The largest absolute Gasteiger partial charge is 0.489 e. The third-order valence-corrected chi connectivity index (χ3v) is 4.47. The molecule has 1 heterocycles. The van der Waals surface area contributed by atoms with Gasteiger partial charge >= 0.3 is 0 Å². The molecule has 3 heteroatoms. The third kappa shape index (κ3) is 3.13. The smallest absolute Gasteiger partial charge is 0.258 e. The zero-order valence-electron chi connectivity index (χ0n) is 13.8. The molecule has 1 amide bonds. The summed E-state index contributed by atoms with van der Waals surface area (Å²) >= 11 is 0. The third-order valence-electron chi connectivity index (χ3n) is 4.47. The van der Waals surface area contributed by atoms with Crippen molar-refractivity contribution >= 4 is 11.6 Å². The fraction of sp³-hybridized carbons (Fsp3) is 0.136. The number of anilines is 1. The zero-order valence-corrected chi connectivity index (χ0v) is 13.8. The van der Waals surface area contributed by atoms with Gasteiger partial charge in [0.2, 0.25) is 0 Å². The van der Waals surface area contributed by atoms with E-state index in [1.54, 1.807) is 0 Å². The minimum atomic E-state index is -0.0370. The van der Waals surface area contributed by atoms with E-state index >= 15 is 0 Å². The Hall–Kier alpha value is -3.07. The molecule has 3 nitrogen and oxygen atoms in total. The van der Waals surface area contributed by atoms with E-state index in [1.165, 1.54) is 5.56 Å². The second kappa shape index (κ2) is 6.81. The van der Waals surface area contributed by atoms with E-state index in [-0.39, 0.29) is 11.9 Å². The van der Waals surface area contributed by atoms with Crippen molar-refractivity contribution in [1.82, 2.24) is 0 Å². The van der Waals surface area contributed by atoms with E-state index in [2.05, 4.69) is 12.1 Å². The second-order valence-electron chi connectivity index (χ2n) is 6.16. The number of ether oxygens (including phenoxy) is 1. The molecule has 3 aromatic rings. The summed E-state index contributed by atoms with van der Waals surface area (Å²) in [5, 5.41) is 0. The molecule has 0 N–H and O–H groups in total. The number of rotatable bonds is 3. The predicted molar refractivity (Wildman–Crippen MR) is 99.1 cm³/mol. The Labute approximate surface area is 147 Å². The predicted octanol–water partition coefficient (Wildman–Crippen LogP) is 4.34. The van der Waals surface area contributed by atoms with Crippen molar-refractivity contribution in [2.75, 3.05) is 11.5 Å². The molecule has 0 spiro atoms. The van der Waals surface area contributed by atoms with E-state index < -0.39 is 0 Å². The molecule has 3 aromatic carbocycles. The van der Waals surface area contributed by atoms with E-state index in [0.717, 1.165) is 17.9 Å². The van der Waals surface area contributed by atoms with Gasteiger partial charge in [0.1, 0.15) is 12.4 Å². The number of hydrogen-bond acceptors (Lipinski definition) is 2. The molecule has 1 aliphatic heterocycles.